The summed E-state index contributed by atoms with van der Waals surface area (Å²) in [6.45, 7) is 0.741. The molecule has 6 heteroatoms. The second kappa shape index (κ2) is 4.97. The molecule has 0 fully saturated rings. The fourth-order valence-corrected chi connectivity index (χ4v) is 1.80. The number of halogens is 3. The maximum atomic E-state index is 13.2. The molecule has 1 atom stereocenters. The number of alkyl halides is 3. The molecule has 1 aromatic rings. The zero-order chi connectivity index (χ0) is 14.0. The van der Waals surface area contributed by atoms with Crippen LogP contribution in [-0.2, 0) is 14.9 Å². The van der Waals surface area contributed by atoms with E-state index in [1.807, 2.05) is 0 Å². The number of hydrogen-bond acceptors (Lipinski definition) is 3. The van der Waals surface area contributed by atoms with Crippen molar-refractivity contribution in [3.05, 3.63) is 35.4 Å². The first-order chi connectivity index (χ1) is 8.29. The van der Waals surface area contributed by atoms with Gasteiger partial charge in [-0.25, -0.2) is 0 Å². The summed E-state index contributed by atoms with van der Waals surface area (Å²) in [6, 6.07) is 5.60. The highest BCUT2D eigenvalue weighted by Gasteiger charge is 2.61. The van der Waals surface area contributed by atoms with Gasteiger partial charge in [0, 0.05) is 6.54 Å². The van der Waals surface area contributed by atoms with Crippen LogP contribution < -0.4 is 5.73 Å². The summed E-state index contributed by atoms with van der Waals surface area (Å²) >= 11 is 0. The molecule has 3 nitrogen and oxygen atoms in total. The minimum Gasteiger partial charge on any atom is -0.468 e. The largest absolute Gasteiger partial charge is 0.468 e. The van der Waals surface area contributed by atoms with E-state index >= 15 is 0 Å². The fourth-order valence-electron chi connectivity index (χ4n) is 1.80. The Morgan fingerprint density at radius 3 is 2.39 bits per heavy atom. The Morgan fingerprint density at radius 1 is 1.39 bits per heavy atom. The van der Waals surface area contributed by atoms with Gasteiger partial charge in [0.05, 0.1) is 7.11 Å². The van der Waals surface area contributed by atoms with Crippen LogP contribution in [0.25, 0.3) is 0 Å². The smallest absolute Gasteiger partial charge is 0.410 e. The van der Waals surface area contributed by atoms with Crippen molar-refractivity contribution in [3.8, 4) is 0 Å². The van der Waals surface area contributed by atoms with Gasteiger partial charge in [0.1, 0.15) is 0 Å². The van der Waals surface area contributed by atoms with Crippen LogP contribution in [0.3, 0.4) is 0 Å². The Labute approximate surface area is 103 Å². The molecule has 18 heavy (non-hydrogen) atoms. The number of methoxy groups -OCH3 is 1. The van der Waals surface area contributed by atoms with Gasteiger partial charge in [-0.2, -0.15) is 13.2 Å². The van der Waals surface area contributed by atoms with E-state index in [4.69, 9.17) is 5.73 Å². The molecular weight excluding hydrogens is 247 g/mol. The molecular formula is C12H14F3NO2. The molecule has 0 bridgehead atoms. The molecule has 0 radical (unpaired) electrons. The molecule has 100 valence electrons. The first-order valence-corrected chi connectivity index (χ1v) is 5.22. The van der Waals surface area contributed by atoms with Crippen LogP contribution in [0.4, 0.5) is 13.2 Å². The van der Waals surface area contributed by atoms with Crippen LogP contribution in [0.15, 0.2) is 24.3 Å². The zero-order valence-corrected chi connectivity index (χ0v) is 10.0. The molecule has 0 heterocycles. The van der Waals surface area contributed by atoms with Gasteiger partial charge in [-0.05, 0) is 12.5 Å². The molecule has 1 unspecified atom stereocenters. The first kappa shape index (κ1) is 14.5. The average molecular weight is 261 g/mol. The summed E-state index contributed by atoms with van der Waals surface area (Å²) in [5.74, 6) is -1.40. The van der Waals surface area contributed by atoms with Gasteiger partial charge in [0.25, 0.3) is 0 Å². The van der Waals surface area contributed by atoms with Crippen LogP contribution >= 0.6 is 0 Å². The van der Waals surface area contributed by atoms with Gasteiger partial charge in [0.15, 0.2) is 5.41 Å². The van der Waals surface area contributed by atoms with Crippen molar-refractivity contribution in [2.24, 2.45) is 5.73 Å². The number of hydrogen-bond donors (Lipinski definition) is 1. The van der Waals surface area contributed by atoms with Crippen molar-refractivity contribution in [2.45, 2.75) is 18.5 Å². The van der Waals surface area contributed by atoms with E-state index in [-0.39, 0.29) is 5.56 Å². The van der Waals surface area contributed by atoms with Crippen molar-refractivity contribution >= 4 is 5.97 Å². The van der Waals surface area contributed by atoms with E-state index in [2.05, 4.69) is 4.74 Å². The Morgan fingerprint density at radius 2 is 2.00 bits per heavy atom. The number of nitrogens with two attached hydrogens (primary N) is 1. The molecule has 0 saturated heterocycles. The van der Waals surface area contributed by atoms with E-state index in [9.17, 15) is 18.0 Å². The van der Waals surface area contributed by atoms with E-state index in [0.717, 1.165) is 7.11 Å². The van der Waals surface area contributed by atoms with Crippen LogP contribution in [0.1, 0.15) is 11.1 Å². The molecule has 0 amide bonds. The number of esters is 1. The predicted octanol–water partition coefficient (Wildman–Crippen LogP) is 1.93. The van der Waals surface area contributed by atoms with Crippen LogP contribution in [0, 0.1) is 6.92 Å². The van der Waals surface area contributed by atoms with Crippen molar-refractivity contribution in [2.75, 3.05) is 13.7 Å². The SMILES string of the molecule is COC(=O)C(CN)(c1cccc(C)c1)C(F)(F)F. The molecule has 0 aliphatic rings. The monoisotopic (exact) mass is 261 g/mol. The lowest BCUT2D eigenvalue weighted by Gasteiger charge is -2.32. The van der Waals surface area contributed by atoms with E-state index in [0.29, 0.717) is 5.56 Å². The summed E-state index contributed by atoms with van der Waals surface area (Å²) in [5, 5.41) is 0. The quantitative estimate of drug-likeness (QED) is 0.846. The lowest BCUT2D eigenvalue weighted by molar-refractivity contribution is -0.205. The van der Waals surface area contributed by atoms with E-state index < -0.39 is 24.1 Å². The maximum Gasteiger partial charge on any atom is 0.410 e. The number of carbonyl (C=O) groups excluding carboxylic acids is 1. The van der Waals surface area contributed by atoms with Gasteiger partial charge in [-0.3, -0.25) is 4.79 Å². The third kappa shape index (κ3) is 2.20. The number of benzene rings is 1. The number of aryl methyl sites for hydroxylation is 1. The third-order valence-electron chi connectivity index (χ3n) is 2.83. The number of rotatable bonds is 3. The summed E-state index contributed by atoms with van der Waals surface area (Å²) in [4.78, 5) is 11.6. The standard InChI is InChI=1S/C12H14F3NO2/c1-8-4-3-5-9(6-8)11(7-16,10(17)18-2)12(13,14)15/h3-6H,7,16H2,1-2H3. The molecule has 1 aromatic carbocycles. The fraction of sp³-hybridized carbons (Fsp3) is 0.417. The molecule has 0 aromatic heterocycles. The van der Waals surface area contributed by atoms with Crippen LogP contribution in [-0.4, -0.2) is 25.8 Å². The second-order valence-electron chi connectivity index (χ2n) is 3.97. The highest BCUT2D eigenvalue weighted by Crippen LogP contribution is 2.41. The lowest BCUT2D eigenvalue weighted by atomic mass is 9.79. The second-order valence-corrected chi connectivity index (χ2v) is 3.97. The van der Waals surface area contributed by atoms with Gasteiger partial charge in [-0.15, -0.1) is 0 Å². The highest BCUT2D eigenvalue weighted by molar-refractivity contribution is 5.84. The van der Waals surface area contributed by atoms with E-state index in [1.54, 1.807) is 13.0 Å². The van der Waals surface area contributed by atoms with Crippen molar-refractivity contribution in [3.63, 3.8) is 0 Å². The summed E-state index contributed by atoms with van der Waals surface area (Å²) in [7, 11) is 0.911. The van der Waals surface area contributed by atoms with Crippen molar-refractivity contribution < 1.29 is 22.7 Å². The van der Waals surface area contributed by atoms with Crippen molar-refractivity contribution in [1.29, 1.82) is 0 Å². The Bertz CT molecular complexity index is 445. The summed E-state index contributed by atoms with van der Waals surface area (Å²) < 4.78 is 44.0. The van der Waals surface area contributed by atoms with Gasteiger partial charge >= 0.3 is 12.1 Å². The van der Waals surface area contributed by atoms with E-state index in [1.165, 1.54) is 18.2 Å². The molecule has 2 N–H and O–H groups in total. The normalized spacial score (nSPS) is 15.0. The number of carbonyl (C=O) groups is 1. The highest BCUT2D eigenvalue weighted by atomic mass is 19.4. The Kier molecular flexibility index (Phi) is 4.01. The minimum absolute atomic E-state index is 0.204. The van der Waals surface area contributed by atoms with Gasteiger partial charge in [0.2, 0.25) is 0 Å². The molecule has 0 saturated carbocycles. The molecule has 1 rings (SSSR count). The van der Waals surface area contributed by atoms with Crippen LogP contribution in [0.2, 0.25) is 0 Å². The van der Waals surface area contributed by atoms with Gasteiger partial charge in [-0.1, -0.05) is 29.8 Å². The topological polar surface area (TPSA) is 52.3 Å². The minimum atomic E-state index is -4.82. The Hall–Kier alpha value is -1.56. The first-order valence-electron chi connectivity index (χ1n) is 5.22. The van der Waals surface area contributed by atoms with Gasteiger partial charge < -0.3 is 10.5 Å². The molecule has 0 aliphatic carbocycles. The number of ether oxygens (including phenoxy) is 1. The zero-order valence-electron chi connectivity index (χ0n) is 10.0. The molecule has 0 spiro atoms. The third-order valence-corrected chi connectivity index (χ3v) is 2.83. The lowest BCUT2D eigenvalue weighted by Crippen LogP contribution is -2.55. The van der Waals surface area contributed by atoms with Crippen molar-refractivity contribution in [1.82, 2.24) is 0 Å². The maximum absolute atomic E-state index is 13.2. The summed E-state index contributed by atoms with van der Waals surface area (Å²) in [5.41, 5.74) is 2.83. The molecule has 0 aliphatic heterocycles. The predicted molar refractivity (Wildman–Crippen MR) is 60.0 cm³/mol. The van der Waals surface area contributed by atoms with Crippen LogP contribution in [0.5, 0.6) is 0 Å². The Balaban J connectivity index is 3.50. The average Bonchev–Trinajstić information content (AvgIpc) is 2.28. The summed E-state index contributed by atoms with van der Waals surface area (Å²) in [6.07, 6.45) is -4.82.